The van der Waals surface area contributed by atoms with Crippen molar-refractivity contribution in [2.45, 2.75) is 25.4 Å². The lowest BCUT2D eigenvalue weighted by molar-refractivity contribution is -0.0531. The average Bonchev–Trinajstić information content (AvgIpc) is 2.41. The van der Waals surface area contributed by atoms with E-state index in [4.69, 9.17) is 15.2 Å². The summed E-state index contributed by atoms with van der Waals surface area (Å²) in [6.07, 6.45) is 0. The van der Waals surface area contributed by atoms with Crippen LogP contribution in [0.5, 0.6) is 5.75 Å². The topological polar surface area (TPSA) is 47.7 Å². The van der Waals surface area contributed by atoms with Crippen molar-refractivity contribution >= 4 is 0 Å². The Morgan fingerprint density at radius 2 is 2.26 bits per heavy atom. The van der Waals surface area contributed by atoms with Crippen LogP contribution in [0.15, 0.2) is 24.3 Å². The SMILES string of the molecule is COc1cccc(C(N)CN2CCOCC2(C)C)c1. The Labute approximate surface area is 115 Å². The third-order valence-electron chi connectivity index (χ3n) is 3.76. The van der Waals surface area contributed by atoms with Gasteiger partial charge >= 0.3 is 0 Å². The van der Waals surface area contributed by atoms with Gasteiger partial charge in [0.05, 0.1) is 20.3 Å². The van der Waals surface area contributed by atoms with Crippen LogP contribution in [-0.4, -0.2) is 43.9 Å². The minimum absolute atomic E-state index is 0.00697. The first-order chi connectivity index (χ1) is 9.03. The zero-order valence-electron chi connectivity index (χ0n) is 12.1. The number of methoxy groups -OCH3 is 1. The van der Waals surface area contributed by atoms with E-state index < -0.39 is 0 Å². The molecule has 4 heteroatoms. The molecule has 1 unspecified atom stereocenters. The Hall–Kier alpha value is -1.10. The van der Waals surface area contributed by atoms with Gasteiger partial charge in [0.15, 0.2) is 0 Å². The van der Waals surface area contributed by atoms with E-state index in [9.17, 15) is 0 Å². The number of morpholine rings is 1. The van der Waals surface area contributed by atoms with E-state index in [1.807, 2.05) is 18.2 Å². The normalized spacial score (nSPS) is 21.1. The lowest BCUT2D eigenvalue weighted by Gasteiger charge is -2.43. The summed E-state index contributed by atoms with van der Waals surface area (Å²) in [6.45, 7) is 7.72. The fraction of sp³-hybridized carbons (Fsp3) is 0.600. The molecule has 0 spiro atoms. The van der Waals surface area contributed by atoms with Crippen molar-refractivity contribution in [3.8, 4) is 5.75 Å². The molecule has 1 aromatic rings. The maximum absolute atomic E-state index is 6.33. The Bertz CT molecular complexity index is 420. The van der Waals surface area contributed by atoms with Gasteiger partial charge in [0.1, 0.15) is 5.75 Å². The fourth-order valence-corrected chi connectivity index (χ4v) is 2.44. The van der Waals surface area contributed by atoms with E-state index in [1.165, 1.54) is 0 Å². The Morgan fingerprint density at radius 3 is 2.95 bits per heavy atom. The first kappa shape index (κ1) is 14.3. The van der Waals surface area contributed by atoms with Crippen molar-refractivity contribution in [1.82, 2.24) is 4.90 Å². The molecule has 1 heterocycles. The molecule has 0 saturated carbocycles. The number of hydrogen-bond acceptors (Lipinski definition) is 4. The number of nitrogens with two attached hydrogens (primary N) is 1. The molecule has 0 aliphatic carbocycles. The lowest BCUT2D eigenvalue weighted by Crippen LogP contribution is -2.54. The molecule has 2 rings (SSSR count). The molecule has 2 N–H and O–H groups in total. The first-order valence-corrected chi connectivity index (χ1v) is 6.75. The van der Waals surface area contributed by atoms with Gasteiger partial charge in [0.2, 0.25) is 0 Å². The Balaban J connectivity index is 2.05. The summed E-state index contributed by atoms with van der Waals surface area (Å²) in [4.78, 5) is 2.40. The first-order valence-electron chi connectivity index (χ1n) is 6.75. The highest BCUT2D eigenvalue weighted by Gasteiger charge is 2.31. The zero-order valence-corrected chi connectivity index (χ0v) is 12.1. The van der Waals surface area contributed by atoms with Crippen LogP contribution in [0.4, 0.5) is 0 Å². The summed E-state index contributed by atoms with van der Waals surface area (Å²) >= 11 is 0. The van der Waals surface area contributed by atoms with Crippen LogP contribution >= 0.6 is 0 Å². The summed E-state index contributed by atoms with van der Waals surface area (Å²) in [7, 11) is 1.68. The van der Waals surface area contributed by atoms with Gasteiger partial charge in [-0.2, -0.15) is 0 Å². The molecule has 1 aliphatic heterocycles. The van der Waals surface area contributed by atoms with E-state index in [0.717, 1.165) is 37.6 Å². The predicted molar refractivity (Wildman–Crippen MR) is 76.4 cm³/mol. The second-order valence-electron chi connectivity index (χ2n) is 5.69. The van der Waals surface area contributed by atoms with Gasteiger partial charge in [-0.25, -0.2) is 0 Å². The van der Waals surface area contributed by atoms with Crippen molar-refractivity contribution < 1.29 is 9.47 Å². The molecule has 1 saturated heterocycles. The van der Waals surface area contributed by atoms with Crippen molar-refractivity contribution in [1.29, 1.82) is 0 Å². The molecule has 0 amide bonds. The van der Waals surface area contributed by atoms with Crippen LogP contribution < -0.4 is 10.5 Å². The van der Waals surface area contributed by atoms with Gasteiger partial charge in [-0.3, -0.25) is 4.90 Å². The Morgan fingerprint density at radius 1 is 1.47 bits per heavy atom. The highest BCUT2D eigenvalue weighted by atomic mass is 16.5. The van der Waals surface area contributed by atoms with Gasteiger partial charge in [0, 0.05) is 24.7 Å². The van der Waals surface area contributed by atoms with Crippen LogP contribution in [0.3, 0.4) is 0 Å². The molecule has 1 atom stereocenters. The standard InChI is InChI=1S/C15H24N2O2/c1-15(2)11-19-8-7-17(15)10-14(16)12-5-4-6-13(9-12)18-3/h4-6,9,14H,7-8,10-11,16H2,1-3H3. The van der Waals surface area contributed by atoms with Crippen LogP contribution in [0.2, 0.25) is 0 Å². The molecule has 1 aromatic carbocycles. The summed E-state index contributed by atoms with van der Waals surface area (Å²) < 4.78 is 10.8. The predicted octanol–water partition coefficient (Wildman–Crippen LogP) is 1.81. The van der Waals surface area contributed by atoms with Crippen LogP contribution in [0, 0.1) is 0 Å². The third-order valence-corrected chi connectivity index (χ3v) is 3.76. The number of ether oxygens (including phenoxy) is 2. The van der Waals surface area contributed by atoms with Crippen LogP contribution in [-0.2, 0) is 4.74 Å². The quantitative estimate of drug-likeness (QED) is 0.901. The summed E-state index contributed by atoms with van der Waals surface area (Å²) in [5.74, 6) is 0.856. The molecule has 19 heavy (non-hydrogen) atoms. The second kappa shape index (κ2) is 5.90. The maximum Gasteiger partial charge on any atom is 0.119 e. The van der Waals surface area contributed by atoms with Crippen molar-refractivity contribution in [2.75, 3.05) is 33.4 Å². The molecule has 1 aliphatic rings. The van der Waals surface area contributed by atoms with Gasteiger partial charge in [-0.15, -0.1) is 0 Å². The zero-order chi connectivity index (χ0) is 13.9. The third kappa shape index (κ3) is 3.47. The van der Waals surface area contributed by atoms with Crippen molar-refractivity contribution in [2.24, 2.45) is 5.73 Å². The molecular weight excluding hydrogens is 240 g/mol. The summed E-state index contributed by atoms with van der Waals surface area (Å²) in [5.41, 5.74) is 7.50. The summed E-state index contributed by atoms with van der Waals surface area (Å²) in [5, 5.41) is 0. The van der Waals surface area contributed by atoms with E-state index in [1.54, 1.807) is 7.11 Å². The minimum Gasteiger partial charge on any atom is -0.497 e. The van der Waals surface area contributed by atoms with Crippen LogP contribution in [0.25, 0.3) is 0 Å². The van der Waals surface area contributed by atoms with E-state index in [-0.39, 0.29) is 11.6 Å². The highest BCUT2D eigenvalue weighted by Crippen LogP contribution is 2.23. The van der Waals surface area contributed by atoms with E-state index in [0.29, 0.717) is 0 Å². The van der Waals surface area contributed by atoms with Gasteiger partial charge in [-0.1, -0.05) is 12.1 Å². The molecule has 4 nitrogen and oxygen atoms in total. The van der Waals surface area contributed by atoms with Gasteiger partial charge in [-0.05, 0) is 31.5 Å². The fourth-order valence-electron chi connectivity index (χ4n) is 2.44. The van der Waals surface area contributed by atoms with Gasteiger partial charge in [0.25, 0.3) is 0 Å². The monoisotopic (exact) mass is 264 g/mol. The van der Waals surface area contributed by atoms with E-state index in [2.05, 4.69) is 24.8 Å². The van der Waals surface area contributed by atoms with Crippen LogP contribution in [0.1, 0.15) is 25.5 Å². The largest absolute Gasteiger partial charge is 0.497 e. The molecular formula is C15H24N2O2. The maximum atomic E-state index is 6.33. The number of nitrogens with zero attached hydrogens (tertiary/aromatic N) is 1. The smallest absolute Gasteiger partial charge is 0.119 e. The minimum atomic E-state index is -0.00697. The number of rotatable bonds is 4. The number of hydrogen-bond donors (Lipinski definition) is 1. The van der Waals surface area contributed by atoms with Gasteiger partial charge < -0.3 is 15.2 Å². The molecule has 1 fully saturated rings. The van der Waals surface area contributed by atoms with E-state index >= 15 is 0 Å². The molecule has 0 bridgehead atoms. The Kier molecular flexibility index (Phi) is 4.45. The molecule has 0 aromatic heterocycles. The summed E-state index contributed by atoms with van der Waals surface area (Å²) in [6, 6.07) is 7.99. The van der Waals surface area contributed by atoms with Crippen molar-refractivity contribution in [3.63, 3.8) is 0 Å². The number of benzene rings is 1. The highest BCUT2D eigenvalue weighted by molar-refractivity contribution is 5.30. The molecule has 0 radical (unpaired) electrons. The second-order valence-corrected chi connectivity index (χ2v) is 5.69. The lowest BCUT2D eigenvalue weighted by atomic mass is 9.99. The molecule has 106 valence electrons. The average molecular weight is 264 g/mol. The van der Waals surface area contributed by atoms with Crippen molar-refractivity contribution in [3.05, 3.63) is 29.8 Å².